The molecule has 0 aliphatic carbocycles. The van der Waals surface area contributed by atoms with Crippen LogP contribution in [0.1, 0.15) is 63.5 Å². The lowest BCUT2D eigenvalue weighted by molar-refractivity contribution is -0.275. The van der Waals surface area contributed by atoms with Crippen molar-refractivity contribution < 1.29 is 124 Å². The zero-order chi connectivity index (χ0) is 61.9. The van der Waals surface area contributed by atoms with E-state index in [9.17, 15) is 85.0 Å². The summed E-state index contributed by atoms with van der Waals surface area (Å²) in [5, 5.41) is 10.8. The number of carbonyl (C=O) groups excluding carboxylic acids is 3. The van der Waals surface area contributed by atoms with E-state index < -0.39 is 182 Å². The highest BCUT2D eigenvalue weighted by Crippen LogP contribution is 2.40. The number of primary amides is 2. The van der Waals surface area contributed by atoms with Gasteiger partial charge < -0.3 is 46.6 Å². The highest BCUT2D eigenvalue weighted by molar-refractivity contribution is 6.07. The number of nitrogens with two attached hydrogens (primary N) is 3. The number of rotatable bonds is 11. The number of carboxylic acids is 1. The summed E-state index contributed by atoms with van der Waals surface area (Å²) in [4.78, 5) is 46.1. The summed E-state index contributed by atoms with van der Waals surface area (Å²) < 4.78 is 286. The van der Waals surface area contributed by atoms with Crippen molar-refractivity contribution in [3.63, 3.8) is 0 Å². The molecule has 0 aliphatic rings. The molecule has 73 heavy (non-hydrogen) atoms. The summed E-state index contributed by atoms with van der Waals surface area (Å²) >= 11 is 0. The van der Waals surface area contributed by atoms with E-state index in [1.54, 1.807) is 5.32 Å². The van der Waals surface area contributed by atoms with Crippen molar-refractivity contribution in [1.29, 1.82) is 0 Å². The van der Waals surface area contributed by atoms with Gasteiger partial charge >= 0.3 is 31.0 Å². The molecule has 388 valence electrons. The fourth-order valence-corrected chi connectivity index (χ4v) is 5.07. The number of aromatic carboxylic acids is 1. The first-order valence-electron chi connectivity index (χ1n) is 22.3. The third-order valence-corrected chi connectivity index (χ3v) is 8.00. The molecule has 0 fully saturated rings. The quantitative estimate of drug-likeness (QED) is 0.0611. The second kappa shape index (κ2) is 22.4. The Balaban J connectivity index is 0.000000298. The SMILES string of the molecule is [2H]c1cc(F)c(C(N)=O)cc1N.[2H]c1cc(F)c(C(N)=O)cc1NC(=O)c1c(Oc2c([2H])cc(OC(F)(F)F)c([2H])c2[2H])ccc(C(F)(F)F)c1F.[2H]c1cc(OC(F)(F)F)c([2H])c([2H])c1Oc1ccc(C(F)(F)F)c(F)c1C(=O)O. The number of benzene rings is 6. The van der Waals surface area contributed by atoms with E-state index in [1.165, 1.54) is 0 Å². The van der Waals surface area contributed by atoms with Crippen LogP contribution in [0.3, 0.4) is 0 Å². The monoisotopic (exact) mass is 1070 g/mol. The minimum absolute atomic E-state index is 0.0326. The van der Waals surface area contributed by atoms with Gasteiger partial charge in [0.2, 0.25) is 0 Å². The van der Waals surface area contributed by atoms with E-state index >= 15 is 4.39 Å². The Morgan fingerprint density at radius 1 is 0.521 bits per heavy atom. The summed E-state index contributed by atoms with van der Waals surface area (Å²) in [7, 11) is 0. The Morgan fingerprint density at radius 3 is 1.33 bits per heavy atom. The predicted octanol–water partition coefficient (Wildman–Crippen LogP) is 11.8. The first-order chi connectivity index (χ1) is 37.0. The number of halogens is 16. The minimum atomic E-state index is -5.36. The first-order valence-corrected chi connectivity index (χ1v) is 18.3. The molecule has 0 aliphatic heterocycles. The average Bonchev–Trinajstić information content (AvgIpc) is 3.30. The van der Waals surface area contributed by atoms with Crippen molar-refractivity contribution in [2.75, 3.05) is 11.1 Å². The van der Waals surface area contributed by atoms with Gasteiger partial charge in [0.15, 0.2) is 11.6 Å². The smallest absolute Gasteiger partial charge is 0.477 e. The van der Waals surface area contributed by atoms with Gasteiger partial charge in [-0.3, -0.25) is 14.4 Å². The Morgan fingerprint density at radius 2 is 0.918 bits per heavy atom. The molecular formula is C44H26F16N4O9. The molecule has 0 heterocycles. The lowest BCUT2D eigenvalue weighted by Crippen LogP contribution is -2.19. The number of alkyl halides is 12. The third-order valence-electron chi connectivity index (χ3n) is 8.00. The van der Waals surface area contributed by atoms with Gasteiger partial charge in [-0.15, -0.1) is 26.3 Å². The van der Waals surface area contributed by atoms with Crippen LogP contribution >= 0.6 is 0 Å². The van der Waals surface area contributed by atoms with Crippen LogP contribution in [0.25, 0.3) is 0 Å². The molecule has 0 spiro atoms. The lowest BCUT2D eigenvalue weighted by atomic mass is 10.1. The second-order valence-electron chi connectivity index (χ2n) is 13.1. The third kappa shape index (κ3) is 16.1. The van der Waals surface area contributed by atoms with Gasteiger partial charge in [0.05, 0.1) is 33.2 Å². The minimum Gasteiger partial charge on any atom is -0.477 e. The first kappa shape index (κ1) is 45.2. The molecule has 3 amide bonds. The molecule has 0 atom stereocenters. The van der Waals surface area contributed by atoms with Crippen LogP contribution in [0.15, 0.2) is 109 Å². The molecule has 0 saturated heterocycles. The number of hydrogen-bond donors (Lipinski definition) is 5. The Kier molecular flexibility index (Phi) is 13.9. The van der Waals surface area contributed by atoms with E-state index in [0.717, 1.165) is 12.1 Å². The molecule has 8 N–H and O–H groups in total. The fourth-order valence-electron chi connectivity index (χ4n) is 5.07. The zero-order valence-corrected chi connectivity index (χ0v) is 34.8. The second-order valence-corrected chi connectivity index (χ2v) is 13.1. The maximum absolute atomic E-state index is 15.1. The fraction of sp³-hybridized carbons (Fsp3) is 0.0909. The van der Waals surface area contributed by atoms with Crippen LogP contribution in [0.2, 0.25) is 0 Å². The molecule has 29 heteroatoms. The molecule has 13 nitrogen and oxygen atoms in total. The van der Waals surface area contributed by atoms with Crippen LogP contribution in [0.5, 0.6) is 34.5 Å². The van der Waals surface area contributed by atoms with Gasteiger partial charge in [-0.2, -0.15) is 26.3 Å². The standard InChI is InChI=1S/C22H12F8N2O4.C15H7F7O4.C7H7FN2O/c23-15-7-1-10(9-13(15)19(31)33)32-20(34)17-16(8-6-14(18(17)24)21(25,26)27)35-11-2-4-12(5-3-11)36-22(28,29)30;16-12-9(14(17,18)19)5-6-10(11(12)13(23)24)25-7-1-3-8(4-2-7)26-15(20,21)22;8-6-2-1-4(9)3-5(6)7(10)11/h1-9H,(H2,31,33)(H,32,34);1-6H,(H,23,24);1-3H,9H2,(H2,10,11)/i1D,2D,3D,4D;1D,2D,3D;1D. The molecule has 0 unspecified atom stereocenters. The normalized spacial score (nSPS) is 13.0. The molecule has 0 bridgehead atoms. The van der Waals surface area contributed by atoms with E-state index in [1.807, 2.05) is 0 Å². The number of nitrogens with one attached hydrogen (secondary N) is 1. The zero-order valence-electron chi connectivity index (χ0n) is 42.8. The van der Waals surface area contributed by atoms with Crippen molar-refractivity contribution in [3.05, 3.63) is 166 Å². The van der Waals surface area contributed by atoms with Crippen molar-refractivity contribution in [2.24, 2.45) is 11.5 Å². The van der Waals surface area contributed by atoms with Crippen LogP contribution in [0.4, 0.5) is 81.6 Å². The Labute approximate surface area is 407 Å². The Hall–Kier alpha value is -8.92. The summed E-state index contributed by atoms with van der Waals surface area (Å²) in [5.41, 5.74) is 6.27. The summed E-state index contributed by atoms with van der Waals surface area (Å²) in [6.07, 6.45) is -21.2. The van der Waals surface area contributed by atoms with E-state index in [2.05, 4.69) is 9.47 Å². The maximum atomic E-state index is 15.1. The summed E-state index contributed by atoms with van der Waals surface area (Å²) in [6.45, 7) is 0. The summed E-state index contributed by atoms with van der Waals surface area (Å²) in [6, 6.07) is -3.36. The van der Waals surface area contributed by atoms with Crippen LogP contribution in [-0.2, 0) is 12.4 Å². The molecule has 0 radical (unpaired) electrons. The average molecular weight is 1070 g/mol. The molecule has 0 saturated carbocycles. The van der Waals surface area contributed by atoms with Crippen molar-refractivity contribution in [2.45, 2.75) is 25.1 Å². The number of nitrogen functional groups attached to an aromatic ring is 1. The van der Waals surface area contributed by atoms with Gasteiger partial charge in [0, 0.05) is 11.4 Å². The van der Waals surface area contributed by atoms with Gasteiger partial charge in [-0.25, -0.2) is 22.4 Å². The molecule has 6 aromatic rings. The van der Waals surface area contributed by atoms with Crippen molar-refractivity contribution in [1.82, 2.24) is 0 Å². The van der Waals surface area contributed by atoms with E-state index in [-0.39, 0.29) is 29.4 Å². The van der Waals surface area contributed by atoms with Crippen molar-refractivity contribution >= 4 is 35.1 Å². The highest BCUT2D eigenvalue weighted by atomic mass is 19.4. The predicted molar refractivity (Wildman–Crippen MR) is 218 cm³/mol. The number of anilines is 2. The van der Waals surface area contributed by atoms with Crippen LogP contribution in [-0.4, -0.2) is 41.5 Å². The van der Waals surface area contributed by atoms with Gasteiger partial charge in [0.1, 0.15) is 57.3 Å². The van der Waals surface area contributed by atoms with Gasteiger partial charge in [-0.05, 0) is 109 Å². The van der Waals surface area contributed by atoms with Gasteiger partial charge in [-0.1, -0.05) is 0 Å². The largest absolute Gasteiger partial charge is 0.573 e. The molecule has 6 aromatic carbocycles. The number of hydrogen-bond acceptors (Lipinski definition) is 9. The van der Waals surface area contributed by atoms with E-state index in [0.29, 0.717) is 36.4 Å². The molecular weight excluding hydrogens is 1030 g/mol. The van der Waals surface area contributed by atoms with E-state index in [4.69, 9.17) is 42.7 Å². The van der Waals surface area contributed by atoms with Crippen LogP contribution in [0, 0.1) is 23.3 Å². The molecule has 6 rings (SSSR count). The highest BCUT2D eigenvalue weighted by Gasteiger charge is 2.39. The van der Waals surface area contributed by atoms with Gasteiger partial charge in [0.25, 0.3) is 17.7 Å². The summed E-state index contributed by atoms with van der Waals surface area (Å²) in [5.74, 6) is -19.5. The Bertz CT molecular complexity index is 3500. The number of ether oxygens (including phenoxy) is 4. The number of carboxylic acid groups (broad SMARTS) is 1. The lowest BCUT2D eigenvalue weighted by Gasteiger charge is -2.16. The van der Waals surface area contributed by atoms with Crippen LogP contribution < -0.4 is 41.5 Å². The number of amides is 3. The topological polar surface area (TPSA) is 216 Å². The maximum Gasteiger partial charge on any atom is 0.573 e. The number of carbonyl (C=O) groups is 4. The molecule has 0 aromatic heterocycles. The van der Waals surface area contributed by atoms with Crippen molar-refractivity contribution in [3.8, 4) is 34.5 Å².